The van der Waals surface area contributed by atoms with Crippen LogP contribution in [0.5, 0.6) is 0 Å². The molecule has 2 aromatic heterocycles. The number of nitrogens with one attached hydrogen (secondary N) is 1. The molecule has 2 aromatic rings. The molecule has 3 rings (SSSR count). The zero-order valence-electron chi connectivity index (χ0n) is 13.9. The van der Waals surface area contributed by atoms with E-state index in [0.717, 1.165) is 22.6 Å². The summed E-state index contributed by atoms with van der Waals surface area (Å²) in [7, 11) is 0. The van der Waals surface area contributed by atoms with Gasteiger partial charge in [0, 0.05) is 42.6 Å². The van der Waals surface area contributed by atoms with Gasteiger partial charge in [-0.1, -0.05) is 0 Å². The van der Waals surface area contributed by atoms with Gasteiger partial charge in [0.25, 0.3) is 0 Å². The van der Waals surface area contributed by atoms with Gasteiger partial charge >= 0.3 is 0 Å². The van der Waals surface area contributed by atoms with Crippen molar-refractivity contribution in [1.82, 2.24) is 24.8 Å². The lowest BCUT2D eigenvalue weighted by molar-refractivity contribution is -0.125. The number of rotatable bonds is 4. The molecule has 3 heterocycles. The van der Waals surface area contributed by atoms with Gasteiger partial charge in [-0.3, -0.25) is 9.69 Å². The number of likely N-dealkylation sites (N-methyl/N-ethyl adjacent to an activating group) is 1. The zero-order chi connectivity index (χ0) is 16.6. The van der Waals surface area contributed by atoms with Crippen LogP contribution in [-0.4, -0.2) is 50.6 Å². The minimum atomic E-state index is -0.175. The van der Waals surface area contributed by atoms with Crippen LogP contribution < -0.4 is 11.1 Å². The molecule has 1 amide bonds. The van der Waals surface area contributed by atoms with Crippen molar-refractivity contribution in [3.63, 3.8) is 0 Å². The van der Waals surface area contributed by atoms with Crippen LogP contribution in [0.3, 0.4) is 0 Å². The lowest BCUT2D eigenvalue weighted by atomic mass is 10.1. The highest BCUT2D eigenvalue weighted by Gasteiger charge is 2.35. The van der Waals surface area contributed by atoms with E-state index >= 15 is 0 Å². The summed E-state index contributed by atoms with van der Waals surface area (Å²) in [5.74, 6) is 0.0530. The SMILES string of the molecule is CCNC(=O)[C@@H]1C[C@H](N)CN1Cc1cnn2c(C)cc(C)nc12. The Labute approximate surface area is 135 Å². The van der Waals surface area contributed by atoms with Gasteiger partial charge in [0.15, 0.2) is 5.65 Å². The summed E-state index contributed by atoms with van der Waals surface area (Å²) in [6.45, 7) is 7.90. The number of aryl methyl sites for hydroxylation is 2. The molecule has 0 unspecified atom stereocenters. The Kier molecular flexibility index (Phi) is 4.32. The summed E-state index contributed by atoms with van der Waals surface area (Å²) in [5.41, 5.74) is 9.99. The van der Waals surface area contributed by atoms with E-state index in [2.05, 4.69) is 20.3 Å². The van der Waals surface area contributed by atoms with E-state index in [1.165, 1.54) is 0 Å². The highest BCUT2D eigenvalue weighted by atomic mass is 16.2. The molecule has 1 fully saturated rings. The second-order valence-electron chi connectivity index (χ2n) is 6.28. The maximum absolute atomic E-state index is 12.3. The van der Waals surface area contributed by atoms with Gasteiger partial charge < -0.3 is 11.1 Å². The van der Waals surface area contributed by atoms with Crippen molar-refractivity contribution in [3.05, 3.63) is 29.2 Å². The number of amides is 1. The second kappa shape index (κ2) is 6.25. The molecule has 0 aromatic carbocycles. The van der Waals surface area contributed by atoms with Crippen LogP contribution in [0.25, 0.3) is 5.65 Å². The van der Waals surface area contributed by atoms with Crippen LogP contribution in [0.15, 0.2) is 12.3 Å². The molecule has 23 heavy (non-hydrogen) atoms. The molecule has 0 saturated carbocycles. The van der Waals surface area contributed by atoms with Crippen molar-refractivity contribution in [2.75, 3.05) is 13.1 Å². The summed E-state index contributed by atoms with van der Waals surface area (Å²) in [4.78, 5) is 19.0. The standard InChI is InChI=1S/C16H24N6O/c1-4-18-16(23)14-6-13(17)9-21(14)8-12-7-19-22-11(3)5-10(2)20-15(12)22/h5,7,13-14H,4,6,8-9,17H2,1-3H3,(H,18,23)/t13-,14-/m0/s1. The normalized spacial score (nSPS) is 21.9. The first kappa shape index (κ1) is 15.9. The van der Waals surface area contributed by atoms with Crippen molar-refractivity contribution in [3.8, 4) is 0 Å². The lowest BCUT2D eigenvalue weighted by Gasteiger charge is -2.22. The van der Waals surface area contributed by atoms with Gasteiger partial charge in [-0.15, -0.1) is 0 Å². The van der Waals surface area contributed by atoms with Gasteiger partial charge in [0.1, 0.15) is 0 Å². The van der Waals surface area contributed by atoms with E-state index in [4.69, 9.17) is 5.73 Å². The Morgan fingerprint density at radius 1 is 1.48 bits per heavy atom. The number of nitrogens with two attached hydrogens (primary N) is 1. The van der Waals surface area contributed by atoms with Crippen LogP contribution in [-0.2, 0) is 11.3 Å². The van der Waals surface area contributed by atoms with Crippen LogP contribution in [0, 0.1) is 13.8 Å². The third-order valence-corrected chi connectivity index (χ3v) is 4.31. The minimum absolute atomic E-state index is 0.0286. The molecule has 0 spiro atoms. The third kappa shape index (κ3) is 3.07. The smallest absolute Gasteiger partial charge is 0.237 e. The topological polar surface area (TPSA) is 88.5 Å². The average Bonchev–Trinajstić information content (AvgIpc) is 3.04. The van der Waals surface area contributed by atoms with Crippen molar-refractivity contribution in [1.29, 1.82) is 0 Å². The lowest BCUT2D eigenvalue weighted by Crippen LogP contribution is -2.42. The first-order chi connectivity index (χ1) is 11.0. The Hall–Kier alpha value is -1.99. The van der Waals surface area contributed by atoms with E-state index in [0.29, 0.717) is 26.1 Å². The number of nitrogens with zero attached hydrogens (tertiary/aromatic N) is 4. The second-order valence-corrected chi connectivity index (χ2v) is 6.28. The molecular formula is C16H24N6O. The fraction of sp³-hybridized carbons (Fsp3) is 0.562. The predicted octanol–water partition coefficient (Wildman–Crippen LogP) is 0.384. The first-order valence-corrected chi connectivity index (χ1v) is 8.07. The first-order valence-electron chi connectivity index (χ1n) is 8.07. The monoisotopic (exact) mass is 316 g/mol. The quantitative estimate of drug-likeness (QED) is 0.851. The summed E-state index contributed by atoms with van der Waals surface area (Å²) in [6, 6.07) is 1.86. The van der Waals surface area contributed by atoms with Crippen molar-refractivity contribution >= 4 is 11.6 Å². The fourth-order valence-electron chi connectivity index (χ4n) is 3.32. The van der Waals surface area contributed by atoms with Crippen LogP contribution in [0.2, 0.25) is 0 Å². The minimum Gasteiger partial charge on any atom is -0.355 e. The van der Waals surface area contributed by atoms with Crippen LogP contribution in [0.4, 0.5) is 0 Å². The van der Waals surface area contributed by atoms with E-state index < -0.39 is 0 Å². The highest BCUT2D eigenvalue weighted by Crippen LogP contribution is 2.22. The Morgan fingerprint density at radius 2 is 2.26 bits per heavy atom. The average molecular weight is 316 g/mol. The largest absolute Gasteiger partial charge is 0.355 e. The molecule has 0 aliphatic carbocycles. The maximum Gasteiger partial charge on any atom is 0.237 e. The molecule has 0 radical (unpaired) electrons. The van der Waals surface area contributed by atoms with Gasteiger partial charge in [0.05, 0.1) is 12.2 Å². The van der Waals surface area contributed by atoms with Gasteiger partial charge in [-0.05, 0) is 33.3 Å². The molecule has 124 valence electrons. The summed E-state index contributed by atoms with van der Waals surface area (Å²) >= 11 is 0. The molecule has 7 heteroatoms. The van der Waals surface area contributed by atoms with Gasteiger partial charge in [-0.2, -0.15) is 5.10 Å². The summed E-state index contributed by atoms with van der Waals surface area (Å²) < 4.78 is 1.85. The highest BCUT2D eigenvalue weighted by molar-refractivity contribution is 5.82. The van der Waals surface area contributed by atoms with Crippen molar-refractivity contribution < 1.29 is 4.79 Å². The van der Waals surface area contributed by atoms with Gasteiger partial charge in [-0.25, -0.2) is 9.50 Å². The van der Waals surface area contributed by atoms with E-state index in [-0.39, 0.29) is 18.0 Å². The number of carbonyl (C=O) groups excluding carboxylic acids is 1. The fourth-order valence-corrected chi connectivity index (χ4v) is 3.32. The Morgan fingerprint density at radius 3 is 3.00 bits per heavy atom. The molecule has 1 aliphatic rings. The third-order valence-electron chi connectivity index (χ3n) is 4.31. The molecule has 7 nitrogen and oxygen atoms in total. The molecular weight excluding hydrogens is 292 g/mol. The predicted molar refractivity (Wildman–Crippen MR) is 87.9 cm³/mol. The van der Waals surface area contributed by atoms with Crippen molar-refractivity contribution in [2.24, 2.45) is 5.73 Å². The maximum atomic E-state index is 12.3. The van der Waals surface area contributed by atoms with E-state index in [1.807, 2.05) is 37.5 Å². The Bertz CT molecular complexity index is 725. The number of hydrogen-bond acceptors (Lipinski definition) is 5. The summed E-state index contributed by atoms with van der Waals surface area (Å²) in [6.07, 6.45) is 2.53. The molecule has 1 saturated heterocycles. The van der Waals surface area contributed by atoms with Crippen molar-refractivity contribution in [2.45, 2.75) is 45.8 Å². The number of hydrogen-bond donors (Lipinski definition) is 2. The Balaban J connectivity index is 1.87. The number of likely N-dealkylation sites (tertiary alicyclic amines) is 1. The van der Waals surface area contributed by atoms with E-state index in [9.17, 15) is 4.79 Å². The van der Waals surface area contributed by atoms with Gasteiger partial charge in [0.2, 0.25) is 5.91 Å². The number of aromatic nitrogens is 3. The van der Waals surface area contributed by atoms with E-state index in [1.54, 1.807) is 0 Å². The van der Waals surface area contributed by atoms with Crippen LogP contribution in [0.1, 0.15) is 30.3 Å². The zero-order valence-corrected chi connectivity index (χ0v) is 13.9. The number of fused-ring (bicyclic) bond motifs is 1. The molecule has 2 atom stereocenters. The summed E-state index contributed by atoms with van der Waals surface area (Å²) in [5, 5.41) is 7.32. The molecule has 0 bridgehead atoms. The molecule has 1 aliphatic heterocycles. The van der Waals surface area contributed by atoms with Crippen LogP contribution >= 0.6 is 0 Å². The molecule has 3 N–H and O–H groups in total. The number of carbonyl (C=O) groups is 1.